The molecule has 5 rings (SSSR count). The molecule has 1 saturated carbocycles. The summed E-state index contributed by atoms with van der Waals surface area (Å²) < 4.78 is 19.9. The molecular formula is C33H40ClNO3. The number of fused-ring (bicyclic) bond motifs is 1. The van der Waals surface area contributed by atoms with Gasteiger partial charge in [-0.15, -0.1) is 0 Å². The lowest BCUT2D eigenvalue weighted by atomic mass is 9.86. The third-order valence-corrected chi connectivity index (χ3v) is 8.09. The molecule has 38 heavy (non-hydrogen) atoms. The molecule has 1 aliphatic heterocycles. The first-order valence-corrected chi connectivity index (χ1v) is 14.4. The molecule has 1 N–H and O–H groups in total. The average molecular weight is 534 g/mol. The summed E-state index contributed by atoms with van der Waals surface area (Å²) in [6.45, 7) is 6.12. The van der Waals surface area contributed by atoms with Gasteiger partial charge < -0.3 is 19.5 Å². The van der Waals surface area contributed by atoms with E-state index in [9.17, 15) is 0 Å². The highest BCUT2D eigenvalue weighted by atomic mass is 35.5. The van der Waals surface area contributed by atoms with E-state index in [0.717, 1.165) is 48.1 Å². The Morgan fingerprint density at radius 1 is 0.895 bits per heavy atom. The number of rotatable bonds is 10. The minimum absolute atomic E-state index is 0.227. The van der Waals surface area contributed by atoms with Crippen LogP contribution in [-0.4, -0.2) is 18.3 Å². The van der Waals surface area contributed by atoms with E-state index < -0.39 is 5.60 Å². The van der Waals surface area contributed by atoms with Crippen LogP contribution in [-0.2, 0) is 22.6 Å². The number of ether oxygens (including phenoxy) is 3. The highest BCUT2D eigenvalue weighted by Gasteiger charge is 2.45. The van der Waals surface area contributed by atoms with Gasteiger partial charge >= 0.3 is 0 Å². The summed E-state index contributed by atoms with van der Waals surface area (Å²) in [6, 6.07) is 24.6. The Hall–Kier alpha value is -2.53. The molecule has 0 bridgehead atoms. The van der Waals surface area contributed by atoms with Crippen LogP contribution in [0.4, 0.5) is 5.69 Å². The van der Waals surface area contributed by atoms with E-state index in [-0.39, 0.29) is 12.2 Å². The number of halogens is 1. The summed E-state index contributed by atoms with van der Waals surface area (Å²) in [5.74, 6) is 1.63. The minimum Gasteiger partial charge on any atom is -0.485 e. The number of hydrogen-bond acceptors (Lipinski definition) is 4. The molecule has 5 heteroatoms. The van der Waals surface area contributed by atoms with Crippen molar-refractivity contribution in [2.45, 2.75) is 83.3 Å². The Morgan fingerprint density at radius 3 is 2.47 bits per heavy atom. The van der Waals surface area contributed by atoms with Crippen LogP contribution < -0.4 is 10.1 Å². The topological polar surface area (TPSA) is 39.7 Å². The van der Waals surface area contributed by atoms with Gasteiger partial charge in [-0.3, -0.25) is 0 Å². The molecule has 0 radical (unpaired) electrons. The van der Waals surface area contributed by atoms with Crippen molar-refractivity contribution >= 4 is 17.3 Å². The van der Waals surface area contributed by atoms with Crippen LogP contribution in [0.5, 0.6) is 5.75 Å². The Morgan fingerprint density at radius 2 is 1.68 bits per heavy atom. The van der Waals surface area contributed by atoms with Gasteiger partial charge in [0.2, 0.25) is 0 Å². The largest absolute Gasteiger partial charge is 0.485 e. The number of nitrogens with one attached hydrogen (secondary N) is 1. The first kappa shape index (κ1) is 27.1. The summed E-state index contributed by atoms with van der Waals surface area (Å²) in [4.78, 5) is 0. The van der Waals surface area contributed by atoms with E-state index >= 15 is 0 Å². The number of benzene rings is 3. The lowest BCUT2D eigenvalue weighted by Gasteiger charge is -2.44. The molecule has 2 aliphatic rings. The summed E-state index contributed by atoms with van der Waals surface area (Å²) in [5.41, 5.74) is 3.82. The van der Waals surface area contributed by atoms with Gasteiger partial charge in [0.15, 0.2) is 0 Å². The molecule has 1 fully saturated rings. The zero-order valence-corrected chi connectivity index (χ0v) is 23.4. The first-order valence-electron chi connectivity index (χ1n) is 14.1. The van der Waals surface area contributed by atoms with Crippen LogP contribution in [0.2, 0.25) is 5.02 Å². The van der Waals surface area contributed by atoms with Gasteiger partial charge in [-0.2, -0.15) is 0 Å². The molecule has 202 valence electrons. The van der Waals surface area contributed by atoms with Crippen molar-refractivity contribution in [2.75, 3.05) is 11.9 Å². The second-order valence-electron chi connectivity index (χ2n) is 11.2. The fourth-order valence-electron chi connectivity index (χ4n) is 5.76. The van der Waals surface area contributed by atoms with Crippen LogP contribution in [0.15, 0.2) is 72.8 Å². The summed E-state index contributed by atoms with van der Waals surface area (Å²) in [7, 11) is 0. The first-order chi connectivity index (χ1) is 18.5. The lowest BCUT2D eigenvalue weighted by Crippen LogP contribution is -2.51. The van der Waals surface area contributed by atoms with Crippen molar-refractivity contribution in [3.63, 3.8) is 0 Å². The molecule has 0 spiro atoms. The molecule has 3 aromatic carbocycles. The summed E-state index contributed by atoms with van der Waals surface area (Å²) in [6.07, 6.45) is 7.30. The van der Waals surface area contributed by atoms with Crippen LogP contribution in [0.3, 0.4) is 0 Å². The van der Waals surface area contributed by atoms with Gasteiger partial charge in [0.25, 0.3) is 0 Å². The second kappa shape index (κ2) is 12.5. The zero-order valence-electron chi connectivity index (χ0n) is 22.6. The maximum atomic E-state index is 6.73. The predicted octanol–water partition coefficient (Wildman–Crippen LogP) is 8.74. The molecule has 3 aromatic rings. The van der Waals surface area contributed by atoms with Crippen molar-refractivity contribution in [2.24, 2.45) is 5.92 Å². The van der Waals surface area contributed by atoms with Crippen molar-refractivity contribution in [3.8, 4) is 5.75 Å². The maximum Gasteiger partial charge on any atom is 0.132 e. The van der Waals surface area contributed by atoms with Crippen molar-refractivity contribution in [1.29, 1.82) is 0 Å². The third kappa shape index (κ3) is 6.91. The SMILES string of the molecule is CC1(C)Oc2ccc(NCc3ccccc3)cc2C(OCCC2CCCCC2)C1OCc1cccc(Cl)c1. The maximum absolute atomic E-state index is 6.73. The van der Waals surface area contributed by atoms with E-state index in [4.69, 9.17) is 25.8 Å². The number of anilines is 1. The summed E-state index contributed by atoms with van der Waals surface area (Å²) in [5, 5.41) is 4.29. The fraction of sp³-hybridized carbons (Fsp3) is 0.455. The standard InChI is InChI=1S/C33H40ClNO3/c1-33(2)32(37-23-26-14-9-15-27(34)20-26)31(36-19-18-24-10-5-3-6-11-24)29-21-28(16-17-30(29)38-33)35-22-25-12-7-4-8-13-25/h4,7-9,12-17,20-21,24,31-32,35H,3,5-6,10-11,18-19,22-23H2,1-2H3. The predicted molar refractivity (Wildman–Crippen MR) is 155 cm³/mol. The van der Waals surface area contributed by atoms with E-state index in [0.29, 0.717) is 11.6 Å². The number of hydrogen-bond donors (Lipinski definition) is 1. The second-order valence-corrected chi connectivity index (χ2v) is 11.7. The van der Waals surface area contributed by atoms with E-state index in [2.05, 4.69) is 61.6 Å². The lowest BCUT2D eigenvalue weighted by molar-refractivity contribution is -0.168. The van der Waals surface area contributed by atoms with Crippen molar-refractivity contribution in [3.05, 3.63) is 94.5 Å². The molecular weight excluding hydrogens is 494 g/mol. The molecule has 0 amide bonds. The Kier molecular flexibility index (Phi) is 8.93. The van der Waals surface area contributed by atoms with Gasteiger partial charge in [-0.1, -0.05) is 86.2 Å². The molecule has 4 nitrogen and oxygen atoms in total. The third-order valence-electron chi connectivity index (χ3n) is 7.86. The molecule has 1 aliphatic carbocycles. The van der Waals surface area contributed by atoms with Gasteiger partial charge in [-0.25, -0.2) is 0 Å². The van der Waals surface area contributed by atoms with Gasteiger partial charge in [0, 0.05) is 29.4 Å². The van der Waals surface area contributed by atoms with Crippen LogP contribution in [0, 0.1) is 5.92 Å². The van der Waals surface area contributed by atoms with E-state index in [1.807, 2.05) is 30.3 Å². The van der Waals surface area contributed by atoms with Gasteiger partial charge in [0.05, 0.1) is 6.61 Å². The van der Waals surface area contributed by atoms with Gasteiger partial charge in [-0.05, 0) is 67.6 Å². The fourth-order valence-corrected chi connectivity index (χ4v) is 5.97. The molecule has 2 atom stereocenters. The quantitative estimate of drug-likeness (QED) is 0.283. The van der Waals surface area contributed by atoms with Crippen molar-refractivity contribution < 1.29 is 14.2 Å². The van der Waals surface area contributed by atoms with E-state index in [1.165, 1.54) is 37.7 Å². The Bertz CT molecular complexity index is 1180. The van der Waals surface area contributed by atoms with Crippen LogP contribution in [0.1, 0.15) is 75.2 Å². The molecule has 0 saturated heterocycles. The van der Waals surface area contributed by atoms with Crippen LogP contribution in [0.25, 0.3) is 0 Å². The highest BCUT2D eigenvalue weighted by Crippen LogP contribution is 2.45. The monoisotopic (exact) mass is 533 g/mol. The van der Waals surface area contributed by atoms with Crippen LogP contribution >= 0.6 is 11.6 Å². The average Bonchev–Trinajstić information content (AvgIpc) is 2.92. The normalized spacial score (nSPS) is 20.9. The van der Waals surface area contributed by atoms with E-state index in [1.54, 1.807) is 0 Å². The molecule has 0 aromatic heterocycles. The minimum atomic E-state index is -0.555. The molecule has 1 heterocycles. The Balaban J connectivity index is 1.36. The van der Waals surface area contributed by atoms with Crippen molar-refractivity contribution in [1.82, 2.24) is 0 Å². The smallest absolute Gasteiger partial charge is 0.132 e. The zero-order chi connectivity index (χ0) is 26.4. The summed E-state index contributed by atoms with van der Waals surface area (Å²) >= 11 is 6.24. The van der Waals surface area contributed by atoms with Gasteiger partial charge in [0.1, 0.15) is 23.6 Å². The molecule has 2 unspecified atom stereocenters. The highest BCUT2D eigenvalue weighted by molar-refractivity contribution is 6.30. The Labute approximate surface area is 232 Å².